The summed E-state index contributed by atoms with van der Waals surface area (Å²) >= 11 is 0. The Bertz CT molecular complexity index is 350. The molecule has 6 heteroatoms. The number of hydrogen-bond acceptors (Lipinski definition) is 6. The van der Waals surface area contributed by atoms with Gasteiger partial charge < -0.3 is 10.2 Å². The van der Waals surface area contributed by atoms with E-state index in [1.165, 1.54) is 25.9 Å². The number of nitrogen functional groups attached to an aromatic ring is 1. The molecule has 4 N–H and O–H groups in total. The first-order chi connectivity index (χ1) is 8.28. The van der Waals surface area contributed by atoms with Gasteiger partial charge in [0.05, 0.1) is 0 Å². The van der Waals surface area contributed by atoms with Crippen LogP contribution in [0.15, 0.2) is 12.3 Å². The van der Waals surface area contributed by atoms with Crippen molar-refractivity contribution in [2.75, 3.05) is 30.4 Å². The standard InChI is InChI=1S/C11H20N6/c1-9(8-17-6-2-3-7-17)14-10-4-5-13-11(15-10)16-12/h4-5,9H,2-3,6-8,12H2,1H3,(H2,13,14,15,16). The first kappa shape index (κ1) is 12.1. The second-order valence-electron chi connectivity index (χ2n) is 4.46. The molecule has 1 aliphatic heterocycles. The molecule has 1 aliphatic rings. The highest BCUT2D eigenvalue weighted by Gasteiger charge is 2.14. The number of nitrogens with zero attached hydrogens (tertiary/aromatic N) is 3. The third-order valence-electron chi connectivity index (χ3n) is 2.91. The summed E-state index contributed by atoms with van der Waals surface area (Å²) in [5, 5.41) is 3.36. The van der Waals surface area contributed by atoms with E-state index >= 15 is 0 Å². The molecular weight excluding hydrogens is 216 g/mol. The van der Waals surface area contributed by atoms with Crippen molar-refractivity contribution in [3.8, 4) is 0 Å². The minimum absolute atomic E-state index is 0.369. The van der Waals surface area contributed by atoms with Crippen LogP contribution in [0.25, 0.3) is 0 Å². The maximum atomic E-state index is 5.27. The molecular formula is C11H20N6. The van der Waals surface area contributed by atoms with Gasteiger partial charge in [0.2, 0.25) is 5.95 Å². The Morgan fingerprint density at radius 1 is 1.47 bits per heavy atom. The minimum Gasteiger partial charge on any atom is -0.366 e. The highest BCUT2D eigenvalue weighted by molar-refractivity contribution is 5.39. The Labute approximate surface area is 102 Å². The molecule has 17 heavy (non-hydrogen) atoms. The number of rotatable bonds is 5. The molecule has 0 bridgehead atoms. The van der Waals surface area contributed by atoms with Gasteiger partial charge in [0.1, 0.15) is 5.82 Å². The average molecular weight is 236 g/mol. The molecule has 2 rings (SSSR count). The zero-order valence-corrected chi connectivity index (χ0v) is 10.2. The molecule has 1 fully saturated rings. The lowest BCUT2D eigenvalue weighted by molar-refractivity contribution is 0.327. The lowest BCUT2D eigenvalue weighted by Gasteiger charge is -2.21. The van der Waals surface area contributed by atoms with Crippen LogP contribution in [0, 0.1) is 0 Å². The summed E-state index contributed by atoms with van der Waals surface area (Å²) in [4.78, 5) is 10.7. The number of hydrogen-bond donors (Lipinski definition) is 3. The molecule has 0 aromatic carbocycles. The van der Waals surface area contributed by atoms with Gasteiger partial charge in [-0.3, -0.25) is 5.43 Å². The summed E-state index contributed by atoms with van der Waals surface area (Å²) in [6, 6.07) is 2.22. The molecule has 2 heterocycles. The number of anilines is 2. The Balaban J connectivity index is 1.85. The van der Waals surface area contributed by atoms with E-state index in [0.717, 1.165) is 12.4 Å². The van der Waals surface area contributed by atoms with Gasteiger partial charge in [-0.2, -0.15) is 4.98 Å². The van der Waals surface area contributed by atoms with Crippen molar-refractivity contribution in [3.63, 3.8) is 0 Å². The number of aromatic nitrogens is 2. The van der Waals surface area contributed by atoms with E-state index in [9.17, 15) is 0 Å². The van der Waals surface area contributed by atoms with E-state index in [4.69, 9.17) is 5.84 Å². The van der Waals surface area contributed by atoms with Crippen LogP contribution < -0.4 is 16.6 Å². The molecule has 1 aromatic heterocycles. The molecule has 1 atom stereocenters. The van der Waals surface area contributed by atoms with Crippen molar-refractivity contribution in [2.45, 2.75) is 25.8 Å². The van der Waals surface area contributed by atoms with E-state index in [0.29, 0.717) is 12.0 Å². The van der Waals surface area contributed by atoms with Gasteiger partial charge in [0.15, 0.2) is 0 Å². The quantitative estimate of drug-likeness (QED) is 0.515. The summed E-state index contributed by atoms with van der Waals surface area (Å²) in [5.41, 5.74) is 2.44. The highest BCUT2D eigenvalue weighted by Crippen LogP contribution is 2.10. The summed E-state index contributed by atoms with van der Waals surface area (Å²) in [7, 11) is 0. The fourth-order valence-corrected chi connectivity index (χ4v) is 2.16. The van der Waals surface area contributed by atoms with Crippen LogP contribution >= 0.6 is 0 Å². The van der Waals surface area contributed by atoms with E-state index < -0.39 is 0 Å². The number of likely N-dealkylation sites (tertiary alicyclic amines) is 1. The van der Waals surface area contributed by atoms with Gasteiger partial charge in [0, 0.05) is 18.8 Å². The van der Waals surface area contributed by atoms with Gasteiger partial charge in [-0.25, -0.2) is 10.8 Å². The van der Waals surface area contributed by atoms with Gasteiger partial charge in [-0.05, 0) is 38.9 Å². The van der Waals surface area contributed by atoms with Gasteiger partial charge in [-0.15, -0.1) is 0 Å². The van der Waals surface area contributed by atoms with E-state index in [1.807, 2.05) is 6.07 Å². The van der Waals surface area contributed by atoms with Crippen molar-refractivity contribution >= 4 is 11.8 Å². The van der Waals surface area contributed by atoms with Gasteiger partial charge in [-0.1, -0.05) is 0 Å². The number of nitrogens with one attached hydrogen (secondary N) is 2. The summed E-state index contributed by atoms with van der Waals surface area (Å²) < 4.78 is 0. The Morgan fingerprint density at radius 2 is 2.24 bits per heavy atom. The van der Waals surface area contributed by atoms with Crippen LogP contribution in [-0.2, 0) is 0 Å². The van der Waals surface area contributed by atoms with Gasteiger partial charge >= 0.3 is 0 Å². The molecule has 1 aromatic rings. The normalized spacial score (nSPS) is 18.0. The number of nitrogens with two attached hydrogens (primary N) is 1. The van der Waals surface area contributed by atoms with Crippen LogP contribution in [0.5, 0.6) is 0 Å². The van der Waals surface area contributed by atoms with E-state index in [1.54, 1.807) is 6.20 Å². The first-order valence-electron chi connectivity index (χ1n) is 6.06. The van der Waals surface area contributed by atoms with Crippen LogP contribution in [0.4, 0.5) is 11.8 Å². The SMILES string of the molecule is CC(CN1CCCC1)Nc1ccnc(NN)n1. The molecule has 0 amide bonds. The molecule has 0 saturated carbocycles. The summed E-state index contributed by atoms with van der Waals surface area (Å²) in [6.45, 7) is 5.64. The van der Waals surface area contributed by atoms with Crippen LogP contribution in [0.2, 0.25) is 0 Å². The zero-order valence-electron chi connectivity index (χ0n) is 10.2. The van der Waals surface area contributed by atoms with E-state index in [2.05, 4.69) is 32.5 Å². The fraction of sp³-hybridized carbons (Fsp3) is 0.636. The average Bonchev–Trinajstić information content (AvgIpc) is 2.82. The maximum Gasteiger partial charge on any atom is 0.239 e. The Hall–Kier alpha value is -1.40. The molecule has 6 nitrogen and oxygen atoms in total. The molecule has 0 spiro atoms. The molecule has 1 unspecified atom stereocenters. The second kappa shape index (κ2) is 5.79. The van der Waals surface area contributed by atoms with E-state index in [-0.39, 0.29) is 0 Å². The fourth-order valence-electron chi connectivity index (χ4n) is 2.16. The Morgan fingerprint density at radius 3 is 2.94 bits per heavy atom. The third-order valence-corrected chi connectivity index (χ3v) is 2.91. The van der Waals surface area contributed by atoms with Crippen molar-refractivity contribution in [1.82, 2.24) is 14.9 Å². The largest absolute Gasteiger partial charge is 0.366 e. The van der Waals surface area contributed by atoms with Gasteiger partial charge in [0.25, 0.3) is 0 Å². The lowest BCUT2D eigenvalue weighted by Crippen LogP contribution is -2.33. The van der Waals surface area contributed by atoms with Crippen molar-refractivity contribution in [2.24, 2.45) is 5.84 Å². The maximum absolute atomic E-state index is 5.27. The van der Waals surface area contributed by atoms with Crippen LogP contribution in [0.1, 0.15) is 19.8 Å². The zero-order chi connectivity index (χ0) is 12.1. The molecule has 0 aliphatic carbocycles. The molecule has 0 radical (unpaired) electrons. The topological polar surface area (TPSA) is 79.1 Å². The Kier molecular flexibility index (Phi) is 4.11. The number of hydrazine groups is 1. The second-order valence-corrected chi connectivity index (χ2v) is 4.46. The van der Waals surface area contributed by atoms with Crippen molar-refractivity contribution in [1.29, 1.82) is 0 Å². The smallest absolute Gasteiger partial charge is 0.239 e. The summed E-state index contributed by atoms with van der Waals surface area (Å²) in [5.74, 6) is 6.51. The summed E-state index contributed by atoms with van der Waals surface area (Å²) in [6.07, 6.45) is 4.33. The van der Waals surface area contributed by atoms with Crippen LogP contribution in [0.3, 0.4) is 0 Å². The molecule has 1 saturated heterocycles. The third kappa shape index (κ3) is 3.54. The monoisotopic (exact) mass is 236 g/mol. The minimum atomic E-state index is 0.369. The van der Waals surface area contributed by atoms with Crippen LogP contribution in [-0.4, -0.2) is 40.5 Å². The predicted molar refractivity (Wildman–Crippen MR) is 68.6 cm³/mol. The first-order valence-corrected chi connectivity index (χ1v) is 6.06. The van der Waals surface area contributed by atoms with Crippen molar-refractivity contribution in [3.05, 3.63) is 12.3 Å². The predicted octanol–water partition coefficient (Wildman–Crippen LogP) is 0.658. The highest BCUT2D eigenvalue weighted by atomic mass is 15.3. The lowest BCUT2D eigenvalue weighted by atomic mass is 10.3. The molecule has 94 valence electrons. The van der Waals surface area contributed by atoms with Crippen molar-refractivity contribution < 1.29 is 0 Å².